The fourth-order valence-corrected chi connectivity index (χ4v) is 1.41. The Morgan fingerprint density at radius 1 is 1.25 bits per heavy atom. The lowest BCUT2D eigenvalue weighted by Crippen LogP contribution is -2.30. The van der Waals surface area contributed by atoms with Crippen LogP contribution in [-0.4, -0.2) is 42.1 Å². The average molecular weight is 229 g/mol. The molecule has 0 aromatic heterocycles. The Labute approximate surface area is 93.5 Å². The van der Waals surface area contributed by atoms with Gasteiger partial charge in [0.2, 0.25) is 0 Å². The number of hydrogen-bond acceptors (Lipinski definition) is 3. The summed E-state index contributed by atoms with van der Waals surface area (Å²) in [6.45, 7) is 0.135. The third-order valence-electron chi connectivity index (χ3n) is 2.18. The van der Waals surface area contributed by atoms with Crippen molar-refractivity contribution in [1.29, 1.82) is 0 Å². The molecule has 16 heavy (non-hydrogen) atoms. The second kappa shape index (κ2) is 5.93. The van der Waals surface area contributed by atoms with E-state index in [2.05, 4.69) is 0 Å². The van der Waals surface area contributed by atoms with Crippen molar-refractivity contribution in [3.8, 4) is 0 Å². The van der Waals surface area contributed by atoms with E-state index >= 15 is 0 Å². The molecule has 0 saturated carbocycles. The fraction of sp³-hybridized carbons (Fsp3) is 0.400. The number of benzene rings is 1. The first-order valence-corrected chi connectivity index (χ1v) is 4.90. The SMILES string of the molecule is CN(Cc1ccc(B(O)O)cc1)CC(F)F. The van der Waals surface area contributed by atoms with E-state index in [0.717, 1.165) is 5.56 Å². The van der Waals surface area contributed by atoms with Crippen molar-refractivity contribution < 1.29 is 18.8 Å². The average Bonchev–Trinajstić information content (AvgIpc) is 2.16. The highest BCUT2D eigenvalue weighted by atomic mass is 19.3. The number of hydrogen-bond donors (Lipinski definition) is 2. The van der Waals surface area contributed by atoms with Gasteiger partial charge < -0.3 is 10.0 Å². The number of alkyl halides is 2. The standard InChI is InChI=1S/C10H14BF2NO2/c1-14(7-10(12)13)6-8-2-4-9(5-3-8)11(15)16/h2-5,10,15-16H,6-7H2,1H3. The Morgan fingerprint density at radius 2 is 1.81 bits per heavy atom. The first kappa shape index (κ1) is 13.1. The first-order chi connectivity index (χ1) is 7.49. The Balaban J connectivity index is 2.55. The van der Waals surface area contributed by atoms with Crippen LogP contribution in [0.2, 0.25) is 0 Å². The third kappa shape index (κ3) is 4.26. The number of rotatable bonds is 5. The lowest BCUT2D eigenvalue weighted by atomic mass is 9.80. The summed E-state index contributed by atoms with van der Waals surface area (Å²) in [4.78, 5) is 1.51. The Kier molecular flexibility index (Phi) is 4.85. The Bertz CT molecular complexity index is 319. The molecule has 1 aromatic rings. The zero-order chi connectivity index (χ0) is 12.1. The van der Waals surface area contributed by atoms with Crippen LogP contribution in [0.1, 0.15) is 5.56 Å². The Morgan fingerprint density at radius 3 is 2.25 bits per heavy atom. The quantitative estimate of drug-likeness (QED) is 0.702. The van der Waals surface area contributed by atoms with E-state index in [4.69, 9.17) is 10.0 Å². The second-order valence-corrected chi connectivity index (χ2v) is 3.70. The summed E-state index contributed by atoms with van der Waals surface area (Å²) in [5, 5.41) is 17.7. The second-order valence-electron chi connectivity index (χ2n) is 3.70. The van der Waals surface area contributed by atoms with Gasteiger partial charge in [-0.3, -0.25) is 4.90 Å². The number of nitrogens with zero attached hydrogens (tertiary/aromatic N) is 1. The van der Waals surface area contributed by atoms with Crippen LogP contribution in [0.4, 0.5) is 8.78 Å². The van der Waals surface area contributed by atoms with Crippen LogP contribution in [0.5, 0.6) is 0 Å². The van der Waals surface area contributed by atoms with Gasteiger partial charge in [0.05, 0.1) is 6.54 Å². The van der Waals surface area contributed by atoms with Gasteiger partial charge in [-0.25, -0.2) is 8.78 Å². The van der Waals surface area contributed by atoms with Gasteiger partial charge in [0, 0.05) is 6.54 Å². The molecule has 88 valence electrons. The third-order valence-corrected chi connectivity index (χ3v) is 2.18. The summed E-state index contributed by atoms with van der Waals surface area (Å²) in [6, 6.07) is 6.51. The van der Waals surface area contributed by atoms with Crippen LogP contribution in [0, 0.1) is 0 Å². The lowest BCUT2D eigenvalue weighted by Gasteiger charge is -2.16. The molecule has 0 unspecified atom stereocenters. The highest BCUT2D eigenvalue weighted by Crippen LogP contribution is 2.04. The van der Waals surface area contributed by atoms with Crippen molar-refractivity contribution in [3.05, 3.63) is 29.8 Å². The summed E-state index contributed by atoms with van der Waals surface area (Å²) < 4.78 is 24.1. The normalized spacial score (nSPS) is 11.2. The molecule has 0 heterocycles. The first-order valence-electron chi connectivity index (χ1n) is 4.90. The molecule has 0 saturated heterocycles. The van der Waals surface area contributed by atoms with Gasteiger partial charge in [0.15, 0.2) is 0 Å². The van der Waals surface area contributed by atoms with Crippen molar-refractivity contribution in [1.82, 2.24) is 4.90 Å². The van der Waals surface area contributed by atoms with Gasteiger partial charge in [-0.05, 0) is 18.1 Å². The van der Waals surface area contributed by atoms with E-state index in [1.165, 1.54) is 4.90 Å². The van der Waals surface area contributed by atoms with E-state index in [-0.39, 0.29) is 6.54 Å². The van der Waals surface area contributed by atoms with Crippen molar-refractivity contribution in [2.45, 2.75) is 13.0 Å². The lowest BCUT2D eigenvalue weighted by molar-refractivity contribution is 0.0975. The molecular formula is C10H14BF2NO2. The molecule has 0 bridgehead atoms. The molecule has 1 aromatic carbocycles. The van der Waals surface area contributed by atoms with Gasteiger partial charge in [0.25, 0.3) is 6.43 Å². The van der Waals surface area contributed by atoms with E-state index in [9.17, 15) is 8.78 Å². The van der Waals surface area contributed by atoms with Gasteiger partial charge in [0.1, 0.15) is 0 Å². The maximum atomic E-state index is 12.1. The molecule has 0 aliphatic carbocycles. The molecule has 1 rings (SSSR count). The van der Waals surface area contributed by atoms with Crippen molar-refractivity contribution in [3.63, 3.8) is 0 Å². The van der Waals surface area contributed by atoms with Crippen molar-refractivity contribution in [2.75, 3.05) is 13.6 Å². The smallest absolute Gasteiger partial charge is 0.423 e. The van der Waals surface area contributed by atoms with Crippen LogP contribution < -0.4 is 5.46 Å². The predicted octanol–water partition coefficient (Wildman–Crippen LogP) is 0.0633. The zero-order valence-corrected chi connectivity index (χ0v) is 8.98. The van der Waals surface area contributed by atoms with E-state index in [1.807, 2.05) is 0 Å². The molecular weight excluding hydrogens is 215 g/mol. The fourth-order valence-electron chi connectivity index (χ4n) is 1.41. The predicted molar refractivity (Wildman–Crippen MR) is 58.6 cm³/mol. The molecule has 0 aliphatic rings. The van der Waals surface area contributed by atoms with Crippen molar-refractivity contribution >= 4 is 12.6 Å². The topological polar surface area (TPSA) is 43.7 Å². The number of halogens is 2. The molecule has 0 atom stereocenters. The van der Waals surface area contributed by atoms with Crippen LogP contribution in [0.3, 0.4) is 0 Å². The minimum absolute atomic E-state index is 0.273. The highest BCUT2D eigenvalue weighted by Gasteiger charge is 2.11. The monoisotopic (exact) mass is 229 g/mol. The van der Waals surface area contributed by atoms with Gasteiger partial charge in [-0.2, -0.15) is 0 Å². The molecule has 0 spiro atoms. The van der Waals surface area contributed by atoms with Crippen molar-refractivity contribution in [2.24, 2.45) is 0 Å². The molecule has 0 amide bonds. The van der Waals surface area contributed by atoms with Crippen LogP contribution in [0.15, 0.2) is 24.3 Å². The molecule has 3 nitrogen and oxygen atoms in total. The maximum Gasteiger partial charge on any atom is 0.488 e. The summed E-state index contributed by atoms with van der Waals surface area (Å²) in [5.74, 6) is 0. The molecule has 6 heteroatoms. The van der Waals surface area contributed by atoms with Crippen LogP contribution in [-0.2, 0) is 6.54 Å². The van der Waals surface area contributed by atoms with Crippen LogP contribution in [0.25, 0.3) is 0 Å². The summed E-state index contributed by atoms with van der Waals surface area (Å²) in [6.07, 6.45) is -2.34. The summed E-state index contributed by atoms with van der Waals surface area (Å²) in [5.41, 5.74) is 1.24. The summed E-state index contributed by atoms with van der Waals surface area (Å²) >= 11 is 0. The highest BCUT2D eigenvalue weighted by molar-refractivity contribution is 6.58. The van der Waals surface area contributed by atoms with E-state index in [1.54, 1.807) is 31.3 Å². The van der Waals surface area contributed by atoms with Crippen LogP contribution >= 0.6 is 0 Å². The molecule has 2 N–H and O–H groups in total. The molecule has 0 fully saturated rings. The van der Waals surface area contributed by atoms with E-state index < -0.39 is 13.5 Å². The molecule has 0 aliphatic heterocycles. The minimum atomic E-state index is -2.34. The Hall–Kier alpha value is -0.975. The minimum Gasteiger partial charge on any atom is -0.423 e. The van der Waals surface area contributed by atoms with E-state index in [0.29, 0.717) is 12.0 Å². The molecule has 0 radical (unpaired) electrons. The van der Waals surface area contributed by atoms with Gasteiger partial charge in [-0.15, -0.1) is 0 Å². The summed E-state index contributed by atoms with van der Waals surface area (Å²) in [7, 11) is 0.119. The van der Waals surface area contributed by atoms with Gasteiger partial charge >= 0.3 is 7.12 Å². The zero-order valence-electron chi connectivity index (χ0n) is 8.98. The van der Waals surface area contributed by atoms with Gasteiger partial charge in [-0.1, -0.05) is 24.3 Å². The largest absolute Gasteiger partial charge is 0.488 e. The maximum absolute atomic E-state index is 12.1.